The summed E-state index contributed by atoms with van der Waals surface area (Å²) < 4.78 is 13.4. The van der Waals surface area contributed by atoms with Gasteiger partial charge in [-0.2, -0.15) is 0 Å². The molecule has 0 amide bonds. The van der Waals surface area contributed by atoms with E-state index >= 15 is 0 Å². The lowest BCUT2D eigenvalue weighted by atomic mass is 10.2. The molecule has 0 saturated carbocycles. The zero-order chi connectivity index (χ0) is 14.5. The first-order valence-corrected chi connectivity index (χ1v) is 8.48. The van der Waals surface area contributed by atoms with E-state index in [1.54, 1.807) is 11.8 Å². The number of hydrogen-bond donors (Lipinski definition) is 0. The highest BCUT2D eigenvalue weighted by Crippen LogP contribution is 2.25. The molecule has 0 bridgehead atoms. The molecular weight excluding hydrogens is 288 g/mol. The third-order valence-electron chi connectivity index (χ3n) is 3.73. The summed E-state index contributed by atoms with van der Waals surface area (Å²) in [6.07, 6.45) is 4.44. The van der Waals surface area contributed by atoms with E-state index in [9.17, 15) is 0 Å². The van der Waals surface area contributed by atoms with Crippen LogP contribution in [0.1, 0.15) is 12.8 Å². The van der Waals surface area contributed by atoms with Gasteiger partial charge in [-0.1, -0.05) is 17.8 Å². The van der Waals surface area contributed by atoms with Gasteiger partial charge < -0.3 is 14.4 Å². The molecular formula is C14H22N4O2S. The van der Waals surface area contributed by atoms with Gasteiger partial charge in [0, 0.05) is 25.4 Å². The van der Waals surface area contributed by atoms with E-state index in [4.69, 9.17) is 9.47 Å². The van der Waals surface area contributed by atoms with Crippen LogP contribution < -0.4 is 4.90 Å². The van der Waals surface area contributed by atoms with Crippen molar-refractivity contribution < 1.29 is 9.47 Å². The molecule has 0 spiro atoms. The summed E-state index contributed by atoms with van der Waals surface area (Å²) in [7, 11) is 0. The average molecular weight is 310 g/mol. The fraction of sp³-hybridized carbons (Fsp3) is 0.714. The first kappa shape index (κ1) is 14.9. The standard InChI is InChI=1S/C14H22N4O2S/c1-2-10-21-14-16-15-13(17-5-8-19-9-6-17)18(14)11-12-4-3-7-20-12/h2,12H,1,3-11H2/t12-/m0/s1. The van der Waals surface area contributed by atoms with E-state index < -0.39 is 0 Å². The molecule has 0 N–H and O–H groups in total. The average Bonchev–Trinajstić information content (AvgIpc) is 3.17. The van der Waals surface area contributed by atoms with Crippen LogP contribution in [0.4, 0.5) is 5.95 Å². The Bertz CT molecular complexity index is 468. The van der Waals surface area contributed by atoms with Gasteiger partial charge in [-0.15, -0.1) is 16.8 Å². The van der Waals surface area contributed by atoms with Gasteiger partial charge in [0.1, 0.15) is 0 Å². The zero-order valence-corrected chi connectivity index (χ0v) is 13.1. The maximum Gasteiger partial charge on any atom is 0.228 e. The molecule has 6 nitrogen and oxygen atoms in total. The van der Waals surface area contributed by atoms with Crippen molar-refractivity contribution in [3.05, 3.63) is 12.7 Å². The van der Waals surface area contributed by atoms with Gasteiger partial charge in [0.05, 0.1) is 25.9 Å². The summed E-state index contributed by atoms with van der Waals surface area (Å²) in [5.41, 5.74) is 0. The SMILES string of the molecule is C=CCSc1nnc(N2CCOCC2)n1C[C@@H]1CCCO1. The van der Waals surface area contributed by atoms with Gasteiger partial charge in [-0.25, -0.2) is 0 Å². The lowest BCUT2D eigenvalue weighted by molar-refractivity contribution is 0.0942. The third kappa shape index (κ3) is 3.59. The van der Waals surface area contributed by atoms with E-state index in [1.165, 1.54) is 0 Å². The molecule has 2 aliphatic heterocycles. The van der Waals surface area contributed by atoms with Crippen molar-refractivity contribution in [3.63, 3.8) is 0 Å². The fourth-order valence-corrected chi connectivity index (χ4v) is 3.35. The predicted octanol–water partition coefficient (Wildman–Crippen LogP) is 1.57. The predicted molar refractivity (Wildman–Crippen MR) is 82.9 cm³/mol. The van der Waals surface area contributed by atoms with Gasteiger partial charge in [-0.05, 0) is 12.8 Å². The molecule has 0 unspecified atom stereocenters. The fourth-order valence-electron chi connectivity index (χ4n) is 2.67. The molecule has 3 heterocycles. The Kier molecular flexibility index (Phi) is 5.16. The molecule has 2 fully saturated rings. The molecule has 0 aliphatic carbocycles. The monoisotopic (exact) mass is 310 g/mol. The number of hydrogen-bond acceptors (Lipinski definition) is 6. The lowest BCUT2D eigenvalue weighted by Gasteiger charge is -2.28. The van der Waals surface area contributed by atoms with Crippen molar-refractivity contribution in [1.29, 1.82) is 0 Å². The molecule has 2 saturated heterocycles. The van der Waals surface area contributed by atoms with Gasteiger partial charge >= 0.3 is 0 Å². The lowest BCUT2D eigenvalue weighted by Crippen LogP contribution is -2.38. The smallest absolute Gasteiger partial charge is 0.228 e. The van der Waals surface area contributed by atoms with Crippen LogP contribution in [0.2, 0.25) is 0 Å². The maximum atomic E-state index is 5.78. The van der Waals surface area contributed by atoms with Crippen molar-refractivity contribution in [2.24, 2.45) is 0 Å². The van der Waals surface area contributed by atoms with E-state index in [0.29, 0.717) is 0 Å². The van der Waals surface area contributed by atoms with Crippen LogP contribution in [-0.4, -0.2) is 59.5 Å². The number of anilines is 1. The van der Waals surface area contributed by atoms with E-state index in [2.05, 4.69) is 26.2 Å². The highest BCUT2D eigenvalue weighted by atomic mass is 32.2. The molecule has 21 heavy (non-hydrogen) atoms. The number of rotatable bonds is 6. The van der Waals surface area contributed by atoms with Crippen molar-refractivity contribution in [2.75, 3.05) is 43.6 Å². The molecule has 2 aliphatic rings. The number of ether oxygens (including phenoxy) is 2. The molecule has 1 aromatic rings. The van der Waals surface area contributed by atoms with Gasteiger partial charge in [0.15, 0.2) is 5.16 Å². The van der Waals surface area contributed by atoms with E-state index in [1.807, 2.05) is 6.08 Å². The highest BCUT2D eigenvalue weighted by molar-refractivity contribution is 7.99. The molecule has 116 valence electrons. The maximum absolute atomic E-state index is 5.78. The zero-order valence-electron chi connectivity index (χ0n) is 12.2. The van der Waals surface area contributed by atoms with Gasteiger partial charge in [0.25, 0.3) is 0 Å². The Hall–Kier alpha value is -1.05. The summed E-state index contributed by atoms with van der Waals surface area (Å²) in [5.74, 6) is 1.78. The summed E-state index contributed by atoms with van der Waals surface area (Å²) in [5, 5.41) is 9.72. The number of morpholine rings is 1. The molecule has 0 radical (unpaired) electrons. The van der Waals surface area contributed by atoms with Crippen LogP contribution in [0, 0.1) is 0 Å². The first-order chi connectivity index (χ1) is 10.4. The van der Waals surface area contributed by atoms with Crippen LogP contribution in [0.25, 0.3) is 0 Å². The minimum Gasteiger partial charge on any atom is -0.378 e. The minimum atomic E-state index is 0.281. The summed E-state index contributed by atoms with van der Waals surface area (Å²) in [4.78, 5) is 2.25. The van der Waals surface area contributed by atoms with Gasteiger partial charge in [-0.3, -0.25) is 4.57 Å². The van der Waals surface area contributed by atoms with Gasteiger partial charge in [0.2, 0.25) is 5.95 Å². The van der Waals surface area contributed by atoms with Crippen LogP contribution in [-0.2, 0) is 16.0 Å². The third-order valence-corrected chi connectivity index (χ3v) is 4.69. The van der Waals surface area contributed by atoms with Crippen LogP contribution in [0.3, 0.4) is 0 Å². The normalized spacial score (nSPS) is 22.7. The summed E-state index contributed by atoms with van der Waals surface area (Å²) in [6, 6.07) is 0. The highest BCUT2D eigenvalue weighted by Gasteiger charge is 2.24. The number of aromatic nitrogens is 3. The topological polar surface area (TPSA) is 52.4 Å². The Morgan fingerprint density at radius 1 is 1.29 bits per heavy atom. The second-order valence-corrected chi connectivity index (χ2v) is 6.21. The van der Waals surface area contributed by atoms with Crippen molar-refractivity contribution in [2.45, 2.75) is 30.6 Å². The number of thioether (sulfide) groups is 1. The van der Waals surface area contributed by atoms with E-state index in [-0.39, 0.29) is 6.10 Å². The quantitative estimate of drug-likeness (QED) is 0.587. The summed E-state index contributed by atoms with van der Waals surface area (Å²) >= 11 is 1.67. The second kappa shape index (κ2) is 7.29. The first-order valence-electron chi connectivity index (χ1n) is 7.49. The van der Waals surface area contributed by atoms with Crippen LogP contribution in [0.5, 0.6) is 0 Å². The Labute approximate surface area is 129 Å². The van der Waals surface area contributed by atoms with Crippen molar-refractivity contribution in [3.8, 4) is 0 Å². The second-order valence-electron chi connectivity index (χ2n) is 5.23. The Morgan fingerprint density at radius 2 is 2.14 bits per heavy atom. The Balaban J connectivity index is 1.79. The molecule has 3 rings (SSSR count). The van der Waals surface area contributed by atoms with Crippen LogP contribution >= 0.6 is 11.8 Å². The Morgan fingerprint density at radius 3 is 2.86 bits per heavy atom. The van der Waals surface area contributed by atoms with Crippen molar-refractivity contribution >= 4 is 17.7 Å². The molecule has 1 aromatic heterocycles. The van der Waals surface area contributed by atoms with Crippen LogP contribution in [0.15, 0.2) is 17.8 Å². The minimum absolute atomic E-state index is 0.281. The molecule has 7 heteroatoms. The van der Waals surface area contributed by atoms with Crippen molar-refractivity contribution in [1.82, 2.24) is 14.8 Å². The number of nitrogens with zero attached hydrogens (tertiary/aromatic N) is 4. The molecule has 1 atom stereocenters. The van der Waals surface area contributed by atoms with E-state index in [0.717, 1.165) is 69.2 Å². The summed E-state index contributed by atoms with van der Waals surface area (Å²) in [6.45, 7) is 8.72. The molecule has 0 aromatic carbocycles. The largest absolute Gasteiger partial charge is 0.378 e.